The second-order valence-electron chi connectivity index (χ2n) is 5.45. The number of esters is 1. The summed E-state index contributed by atoms with van der Waals surface area (Å²) in [5, 5.41) is 20.0. The Hall–Kier alpha value is -0.610. The molecule has 1 aliphatic rings. The quantitative estimate of drug-likeness (QED) is 0.712. The molecule has 0 aliphatic heterocycles. The van der Waals surface area contributed by atoms with Crippen LogP contribution in [0.5, 0.6) is 0 Å². The van der Waals surface area contributed by atoms with Crippen molar-refractivity contribution >= 4 is 5.97 Å². The second-order valence-corrected chi connectivity index (χ2v) is 5.45. The van der Waals surface area contributed by atoms with E-state index in [4.69, 9.17) is 4.74 Å². The highest BCUT2D eigenvalue weighted by Gasteiger charge is 2.55. The topological polar surface area (TPSA) is 66.8 Å². The number of hydrogen-bond acceptors (Lipinski definition) is 4. The minimum Gasteiger partial charge on any atom is -0.466 e. The summed E-state index contributed by atoms with van der Waals surface area (Å²) in [6, 6.07) is 0. The lowest BCUT2D eigenvalue weighted by atomic mass is 9.72. The molecule has 0 aromatic carbocycles. The van der Waals surface area contributed by atoms with Crippen molar-refractivity contribution in [2.45, 2.75) is 52.2 Å². The first-order chi connectivity index (χ1) is 7.19. The lowest BCUT2D eigenvalue weighted by Crippen LogP contribution is -2.46. The van der Waals surface area contributed by atoms with Gasteiger partial charge in [-0.3, -0.25) is 4.79 Å². The van der Waals surface area contributed by atoms with Gasteiger partial charge in [-0.1, -0.05) is 13.8 Å². The van der Waals surface area contributed by atoms with Gasteiger partial charge < -0.3 is 14.9 Å². The number of rotatable bonds is 3. The summed E-state index contributed by atoms with van der Waals surface area (Å²) in [5.74, 6) is -0.125. The van der Waals surface area contributed by atoms with E-state index in [-0.39, 0.29) is 17.3 Å². The van der Waals surface area contributed by atoms with Crippen molar-refractivity contribution < 1.29 is 19.7 Å². The van der Waals surface area contributed by atoms with E-state index in [1.54, 1.807) is 6.92 Å². The van der Waals surface area contributed by atoms with Gasteiger partial charge in [0.1, 0.15) is 0 Å². The zero-order valence-corrected chi connectivity index (χ0v) is 10.5. The van der Waals surface area contributed by atoms with E-state index in [0.717, 1.165) is 0 Å². The summed E-state index contributed by atoms with van der Waals surface area (Å²) in [5.41, 5.74) is -1.44. The van der Waals surface area contributed by atoms with Crippen LogP contribution in [0.15, 0.2) is 0 Å². The Kier molecular flexibility index (Phi) is 3.65. The predicted octanol–water partition coefficient (Wildman–Crippen LogP) is 1.10. The molecule has 94 valence electrons. The van der Waals surface area contributed by atoms with Gasteiger partial charge in [0.25, 0.3) is 0 Å². The Bertz CT molecular complexity index is 270. The summed E-state index contributed by atoms with van der Waals surface area (Å²) in [7, 11) is 0. The van der Waals surface area contributed by atoms with E-state index in [0.29, 0.717) is 19.4 Å². The first-order valence-corrected chi connectivity index (χ1v) is 5.73. The SMILES string of the molecule is CC(=O)OCC[C@H]1C[C@H](O)[C@](C)(O)C1(C)C. The third-order valence-corrected chi connectivity index (χ3v) is 4.25. The van der Waals surface area contributed by atoms with Crippen LogP contribution in [0.25, 0.3) is 0 Å². The van der Waals surface area contributed by atoms with E-state index in [9.17, 15) is 15.0 Å². The maximum absolute atomic E-state index is 10.6. The molecule has 3 atom stereocenters. The van der Waals surface area contributed by atoms with Crippen LogP contribution < -0.4 is 0 Å². The molecular formula is C12H22O4. The third-order valence-electron chi connectivity index (χ3n) is 4.25. The number of carbonyl (C=O) groups excluding carboxylic acids is 1. The molecule has 4 heteroatoms. The first-order valence-electron chi connectivity index (χ1n) is 5.73. The van der Waals surface area contributed by atoms with Crippen molar-refractivity contribution in [3.63, 3.8) is 0 Å². The molecule has 1 aliphatic carbocycles. The Balaban J connectivity index is 2.60. The van der Waals surface area contributed by atoms with Crippen molar-refractivity contribution in [3.05, 3.63) is 0 Å². The average molecular weight is 230 g/mol. The third kappa shape index (κ3) is 2.23. The first kappa shape index (κ1) is 13.5. The van der Waals surface area contributed by atoms with E-state index in [1.165, 1.54) is 6.92 Å². The molecule has 2 N–H and O–H groups in total. The zero-order valence-electron chi connectivity index (χ0n) is 10.5. The number of ether oxygens (including phenoxy) is 1. The fourth-order valence-electron chi connectivity index (χ4n) is 2.46. The smallest absolute Gasteiger partial charge is 0.302 e. The van der Waals surface area contributed by atoms with Crippen LogP contribution in [0.3, 0.4) is 0 Å². The molecule has 0 amide bonds. The number of hydrogen-bond donors (Lipinski definition) is 2. The minimum atomic E-state index is -1.08. The van der Waals surface area contributed by atoms with E-state index in [1.807, 2.05) is 13.8 Å². The van der Waals surface area contributed by atoms with E-state index >= 15 is 0 Å². The van der Waals surface area contributed by atoms with Crippen LogP contribution in [0.2, 0.25) is 0 Å². The fourth-order valence-corrected chi connectivity index (χ4v) is 2.46. The van der Waals surface area contributed by atoms with Gasteiger partial charge in [-0.05, 0) is 31.1 Å². The molecule has 0 saturated heterocycles. The highest BCUT2D eigenvalue weighted by atomic mass is 16.5. The summed E-state index contributed by atoms with van der Waals surface area (Å²) < 4.78 is 4.90. The Morgan fingerprint density at radius 3 is 2.38 bits per heavy atom. The second kappa shape index (κ2) is 4.34. The van der Waals surface area contributed by atoms with Gasteiger partial charge in [0.15, 0.2) is 0 Å². The van der Waals surface area contributed by atoms with Crippen LogP contribution in [0.1, 0.15) is 40.5 Å². The zero-order chi connectivity index (χ0) is 12.6. The van der Waals surface area contributed by atoms with Crippen molar-refractivity contribution in [2.24, 2.45) is 11.3 Å². The Labute approximate surface area is 96.6 Å². The van der Waals surface area contributed by atoms with E-state index < -0.39 is 11.7 Å². The van der Waals surface area contributed by atoms with Crippen LogP contribution >= 0.6 is 0 Å². The van der Waals surface area contributed by atoms with Crippen LogP contribution in [0.4, 0.5) is 0 Å². The molecule has 1 fully saturated rings. The molecule has 0 aromatic heterocycles. The van der Waals surface area contributed by atoms with E-state index in [2.05, 4.69) is 0 Å². The molecule has 0 spiro atoms. The summed E-state index contributed by atoms with van der Waals surface area (Å²) in [6.07, 6.45) is 0.533. The highest BCUT2D eigenvalue weighted by Crippen LogP contribution is 2.51. The van der Waals surface area contributed by atoms with Crippen LogP contribution in [-0.2, 0) is 9.53 Å². The molecule has 0 aromatic rings. The molecular weight excluding hydrogens is 208 g/mol. The molecule has 1 rings (SSSR count). The van der Waals surface area contributed by atoms with Gasteiger partial charge in [0.2, 0.25) is 0 Å². The van der Waals surface area contributed by atoms with Gasteiger partial charge in [0, 0.05) is 6.92 Å². The van der Waals surface area contributed by atoms with Gasteiger partial charge in [-0.15, -0.1) is 0 Å². The lowest BCUT2D eigenvalue weighted by molar-refractivity contribution is -0.141. The lowest BCUT2D eigenvalue weighted by Gasteiger charge is -2.38. The van der Waals surface area contributed by atoms with Crippen LogP contribution in [0, 0.1) is 11.3 Å². The minimum absolute atomic E-state index is 0.164. The summed E-state index contributed by atoms with van der Waals surface area (Å²) >= 11 is 0. The molecule has 0 heterocycles. The van der Waals surface area contributed by atoms with Gasteiger partial charge >= 0.3 is 5.97 Å². The molecule has 0 bridgehead atoms. The van der Waals surface area contributed by atoms with Crippen LogP contribution in [-0.4, -0.2) is 34.5 Å². The fraction of sp³-hybridized carbons (Fsp3) is 0.917. The van der Waals surface area contributed by atoms with Gasteiger partial charge in [0.05, 0.1) is 18.3 Å². The Morgan fingerprint density at radius 1 is 1.44 bits per heavy atom. The molecule has 16 heavy (non-hydrogen) atoms. The maximum atomic E-state index is 10.6. The Morgan fingerprint density at radius 2 is 2.00 bits per heavy atom. The number of aliphatic hydroxyl groups excluding tert-OH is 1. The van der Waals surface area contributed by atoms with Crippen molar-refractivity contribution in [1.82, 2.24) is 0 Å². The van der Waals surface area contributed by atoms with Crippen molar-refractivity contribution in [1.29, 1.82) is 0 Å². The molecule has 4 nitrogen and oxygen atoms in total. The molecule has 0 radical (unpaired) electrons. The van der Waals surface area contributed by atoms with Gasteiger partial charge in [-0.2, -0.15) is 0 Å². The summed E-state index contributed by atoms with van der Waals surface area (Å²) in [4.78, 5) is 10.6. The number of carbonyl (C=O) groups is 1. The number of aliphatic hydroxyl groups is 2. The maximum Gasteiger partial charge on any atom is 0.302 e. The van der Waals surface area contributed by atoms with Gasteiger partial charge in [-0.25, -0.2) is 0 Å². The molecule has 0 unspecified atom stereocenters. The largest absolute Gasteiger partial charge is 0.466 e. The standard InChI is InChI=1S/C12H22O4/c1-8(13)16-6-5-9-7-10(14)12(4,15)11(9,2)3/h9-10,14-15H,5-7H2,1-4H3/t9-,10-,12-/m0/s1. The average Bonchev–Trinajstić information content (AvgIpc) is 2.27. The normalized spacial score (nSPS) is 37.4. The monoisotopic (exact) mass is 230 g/mol. The summed E-state index contributed by atoms with van der Waals surface area (Å²) in [6.45, 7) is 7.30. The van der Waals surface area contributed by atoms with Crippen molar-refractivity contribution in [2.75, 3.05) is 6.61 Å². The predicted molar refractivity (Wildman–Crippen MR) is 59.8 cm³/mol. The highest BCUT2D eigenvalue weighted by molar-refractivity contribution is 5.65. The van der Waals surface area contributed by atoms with Crippen molar-refractivity contribution in [3.8, 4) is 0 Å². The molecule has 1 saturated carbocycles.